The fourth-order valence-corrected chi connectivity index (χ4v) is 2.56. The van der Waals surface area contributed by atoms with Crippen molar-refractivity contribution in [1.82, 2.24) is 10.1 Å². The van der Waals surface area contributed by atoms with E-state index in [1.807, 2.05) is 0 Å². The zero-order chi connectivity index (χ0) is 15.0. The van der Waals surface area contributed by atoms with Gasteiger partial charge in [0, 0.05) is 21.2 Å². The van der Waals surface area contributed by atoms with E-state index in [0.717, 1.165) is 0 Å². The molecule has 0 saturated heterocycles. The van der Waals surface area contributed by atoms with E-state index in [-0.39, 0.29) is 5.75 Å². The van der Waals surface area contributed by atoms with Crippen LogP contribution in [0.25, 0.3) is 22.8 Å². The first-order valence-corrected chi connectivity index (χ1v) is 7.37. The molecule has 0 unspecified atom stereocenters. The van der Waals surface area contributed by atoms with Gasteiger partial charge >= 0.3 is 0 Å². The first-order chi connectivity index (χ1) is 10.0. The summed E-state index contributed by atoms with van der Waals surface area (Å²) >= 11 is 15.1. The minimum Gasteiger partial charge on any atom is -0.507 e. The van der Waals surface area contributed by atoms with Crippen LogP contribution in [0.2, 0.25) is 10.0 Å². The maximum Gasteiger partial charge on any atom is 0.258 e. The molecule has 106 valence electrons. The predicted octanol–water partition coefficient (Wildman–Crippen LogP) is 5.18. The second-order valence-electron chi connectivity index (χ2n) is 4.25. The lowest BCUT2D eigenvalue weighted by Gasteiger charge is -1.98. The fourth-order valence-electron chi connectivity index (χ4n) is 1.79. The van der Waals surface area contributed by atoms with Crippen LogP contribution in [0.4, 0.5) is 0 Å². The Morgan fingerprint density at radius 3 is 2.38 bits per heavy atom. The van der Waals surface area contributed by atoms with Gasteiger partial charge in [-0.15, -0.1) is 0 Å². The van der Waals surface area contributed by atoms with Crippen molar-refractivity contribution in [3.63, 3.8) is 0 Å². The van der Waals surface area contributed by atoms with Gasteiger partial charge in [-0.3, -0.25) is 0 Å². The van der Waals surface area contributed by atoms with Crippen molar-refractivity contribution in [3.8, 4) is 28.6 Å². The lowest BCUT2D eigenvalue weighted by Crippen LogP contribution is -1.82. The molecule has 0 amide bonds. The Labute approximate surface area is 138 Å². The zero-order valence-corrected chi connectivity index (χ0v) is 13.4. The summed E-state index contributed by atoms with van der Waals surface area (Å²) in [5, 5.41) is 14.6. The molecule has 1 aromatic heterocycles. The SMILES string of the molecule is Oc1cc(-c2nc(-c3cc(Cl)cc(Cl)c3)no2)ccc1Br. The molecule has 0 aliphatic rings. The third-order valence-electron chi connectivity index (χ3n) is 2.74. The highest BCUT2D eigenvalue weighted by atomic mass is 79.9. The lowest BCUT2D eigenvalue weighted by atomic mass is 10.2. The summed E-state index contributed by atoms with van der Waals surface area (Å²) in [5.74, 6) is 0.763. The molecule has 0 fully saturated rings. The molecule has 0 atom stereocenters. The van der Waals surface area contributed by atoms with E-state index in [9.17, 15) is 5.11 Å². The van der Waals surface area contributed by atoms with Crippen LogP contribution in [0, 0.1) is 0 Å². The van der Waals surface area contributed by atoms with E-state index in [1.165, 1.54) is 6.07 Å². The number of aromatic hydroxyl groups is 1. The van der Waals surface area contributed by atoms with Gasteiger partial charge in [0.1, 0.15) is 5.75 Å². The maximum absolute atomic E-state index is 9.69. The molecule has 0 spiro atoms. The Morgan fingerprint density at radius 1 is 1.00 bits per heavy atom. The van der Waals surface area contributed by atoms with Crippen molar-refractivity contribution in [3.05, 3.63) is 50.9 Å². The second-order valence-corrected chi connectivity index (χ2v) is 5.97. The first-order valence-electron chi connectivity index (χ1n) is 5.82. The Morgan fingerprint density at radius 2 is 1.71 bits per heavy atom. The third kappa shape index (κ3) is 3.05. The number of halogens is 3. The molecular formula is C14H7BrCl2N2O2. The van der Waals surface area contributed by atoms with E-state index < -0.39 is 0 Å². The lowest BCUT2D eigenvalue weighted by molar-refractivity contribution is 0.431. The van der Waals surface area contributed by atoms with Gasteiger partial charge in [0.05, 0.1) is 4.47 Å². The van der Waals surface area contributed by atoms with E-state index in [1.54, 1.807) is 30.3 Å². The summed E-state index contributed by atoms with van der Waals surface area (Å²) in [5.41, 5.74) is 1.27. The van der Waals surface area contributed by atoms with Crippen LogP contribution < -0.4 is 0 Å². The molecule has 4 nitrogen and oxygen atoms in total. The summed E-state index contributed by atoms with van der Waals surface area (Å²) in [6.07, 6.45) is 0. The van der Waals surface area contributed by atoms with Crippen LogP contribution in [-0.2, 0) is 0 Å². The molecule has 0 aliphatic heterocycles. The highest BCUT2D eigenvalue weighted by Gasteiger charge is 2.13. The van der Waals surface area contributed by atoms with Gasteiger partial charge in [-0.25, -0.2) is 0 Å². The van der Waals surface area contributed by atoms with Gasteiger partial charge in [-0.2, -0.15) is 4.98 Å². The summed E-state index contributed by atoms with van der Waals surface area (Å²) in [7, 11) is 0. The van der Waals surface area contributed by atoms with Gasteiger partial charge in [0.25, 0.3) is 5.89 Å². The largest absolute Gasteiger partial charge is 0.507 e. The van der Waals surface area contributed by atoms with Gasteiger partial charge < -0.3 is 9.63 Å². The number of phenolic OH excluding ortho intramolecular Hbond substituents is 1. The summed E-state index contributed by atoms with van der Waals surface area (Å²) in [6.45, 7) is 0. The molecule has 0 aliphatic carbocycles. The van der Waals surface area contributed by atoms with Crippen molar-refractivity contribution < 1.29 is 9.63 Å². The molecule has 3 aromatic rings. The first kappa shape index (κ1) is 14.4. The molecular weight excluding hydrogens is 379 g/mol. The summed E-state index contributed by atoms with van der Waals surface area (Å²) < 4.78 is 5.80. The molecule has 7 heteroatoms. The fraction of sp³-hybridized carbons (Fsp3) is 0. The maximum atomic E-state index is 9.69. The van der Waals surface area contributed by atoms with Gasteiger partial charge in [-0.1, -0.05) is 28.4 Å². The van der Waals surface area contributed by atoms with Crippen molar-refractivity contribution in [2.24, 2.45) is 0 Å². The van der Waals surface area contributed by atoms with Gasteiger partial charge in [-0.05, 0) is 52.3 Å². The predicted molar refractivity (Wildman–Crippen MR) is 84.6 cm³/mol. The zero-order valence-electron chi connectivity index (χ0n) is 10.3. The smallest absolute Gasteiger partial charge is 0.258 e. The van der Waals surface area contributed by atoms with Crippen LogP contribution in [0.15, 0.2) is 45.4 Å². The number of rotatable bonds is 2. The molecule has 1 heterocycles. The Hall–Kier alpha value is -1.56. The number of hydrogen-bond acceptors (Lipinski definition) is 4. The van der Waals surface area contributed by atoms with Gasteiger partial charge in [0.15, 0.2) is 0 Å². The van der Waals surface area contributed by atoms with Crippen LogP contribution in [0.1, 0.15) is 0 Å². The highest BCUT2D eigenvalue weighted by Crippen LogP contribution is 2.31. The number of nitrogens with zero attached hydrogens (tertiary/aromatic N) is 2. The molecule has 2 aromatic carbocycles. The van der Waals surface area contributed by atoms with E-state index >= 15 is 0 Å². The summed E-state index contributed by atoms with van der Waals surface area (Å²) in [6, 6.07) is 10.0. The van der Waals surface area contributed by atoms with Crippen molar-refractivity contribution in [2.45, 2.75) is 0 Å². The average Bonchev–Trinajstić information content (AvgIpc) is 2.90. The number of aromatic nitrogens is 2. The second kappa shape index (κ2) is 5.67. The van der Waals surface area contributed by atoms with E-state index in [2.05, 4.69) is 26.1 Å². The quantitative estimate of drug-likeness (QED) is 0.660. The molecule has 0 bridgehead atoms. The molecule has 0 saturated carbocycles. The van der Waals surface area contributed by atoms with Crippen molar-refractivity contribution in [1.29, 1.82) is 0 Å². The number of hydrogen-bond donors (Lipinski definition) is 1. The standard InChI is InChI=1S/C14H7BrCl2N2O2/c15-11-2-1-7(5-12(11)20)14-18-13(19-21-14)8-3-9(16)6-10(17)4-8/h1-6,20H. The summed E-state index contributed by atoms with van der Waals surface area (Å²) in [4.78, 5) is 4.28. The van der Waals surface area contributed by atoms with Crippen molar-refractivity contribution >= 4 is 39.1 Å². The Bertz CT molecular complexity index is 800. The van der Waals surface area contributed by atoms with Crippen LogP contribution in [-0.4, -0.2) is 15.2 Å². The van der Waals surface area contributed by atoms with Crippen LogP contribution >= 0.6 is 39.1 Å². The Kier molecular flexibility index (Phi) is 3.89. The van der Waals surface area contributed by atoms with Crippen LogP contribution in [0.3, 0.4) is 0 Å². The molecule has 0 radical (unpaired) electrons. The normalized spacial score (nSPS) is 10.8. The number of phenols is 1. The topological polar surface area (TPSA) is 59.2 Å². The Balaban J connectivity index is 2.01. The number of benzene rings is 2. The minimum atomic E-state index is 0.0954. The van der Waals surface area contributed by atoms with Crippen molar-refractivity contribution in [2.75, 3.05) is 0 Å². The third-order valence-corrected chi connectivity index (χ3v) is 3.85. The van der Waals surface area contributed by atoms with E-state index in [0.29, 0.717) is 37.4 Å². The van der Waals surface area contributed by atoms with Crippen LogP contribution in [0.5, 0.6) is 5.75 Å². The minimum absolute atomic E-state index is 0.0954. The monoisotopic (exact) mass is 384 g/mol. The highest BCUT2D eigenvalue weighted by molar-refractivity contribution is 9.10. The molecule has 21 heavy (non-hydrogen) atoms. The average molecular weight is 386 g/mol. The molecule has 3 rings (SSSR count). The van der Waals surface area contributed by atoms with E-state index in [4.69, 9.17) is 27.7 Å². The molecule has 1 N–H and O–H groups in total. The van der Waals surface area contributed by atoms with Gasteiger partial charge in [0.2, 0.25) is 5.82 Å².